The van der Waals surface area contributed by atoms with Crippen LogP contribution in [0.15, 0.2) is 84.1 Å². The highest BCUT2D eigenvalue weighted by atomic mass is 32.1. The molecular formula is C20H15N5OS. The Morgan fingerprint density at radius 3 is 2.59 bits per heavy atom. The standard InChI is InChI=1S/C20H15N5OS/c27-20-24-23-19(18-11-4-5-12-21-18)25(20)22-14-15-7-6-10-17(13-15)26-16-8-2-1-3-9-16/h1-14H,(H,24,27)/b22-14+. The molecule has 0 saturated carbocycles. The van der Waals surface area contributed by atoms with E-state index < -0.39 is 0 Å². The van der Waals surface area contributed by atoms with Gasteiger partial charge in [-0.2, -0.15) is 14.9 Å². The number of benzene rings is 2. The van der Waals surface area contributed by atoms with E-state index in [-0.39, 0.29) is 0 Å². The molecule has 0 aliphatic heterocycles. The average Bonchev–Trinajstić information content (AvgIpc) is 3.09. The van der Waals surface area contributed by atoms with E-state index in [1.807, 2.05) is 72.8 Å². The van der Waals surface area contributed by atoms with Gasteiger partial charge < -0.3 is 4.74 Å². The minimum atomic E-state index is 0.392. The van der Waals surface area contributed by atoms with E-state index in [9.17, 15) is 0 Å². The highest BCUT2D eigenvalue weighted by Gasteiger charge is 2.08. The topological polar surface area (TPSA) is 68.1 Å². The van der Waals surface area contributed by atoms with Gasteiger partial charge in [0, 0.05) is 6.20 Å². The maximum atomic E-state index is 5.86. The second kappa shape index (κ2) is 7.76. The lowest BCUT2D eigenvalue weighted by Gasteiger charge is -2.05. The number of H-pyrrole nitrogens is 1. The average molecular weight is 373 g/mol. The van der Waals surface area contributed by atoms with Crippen LogP contribution >= 0.6 is 12.2 Å². The van der Waals surface area contributed by atoms with Crippen LogP contribution in [0.1, 0.15) is 5.56 Å². The van der Waals surface area contributed by atoms with E-state index in [0.29, 0.717) is 16.3 Å². The Morgan fingerprint density at radius 2 is 1.78 bits per heavy atom. The summed E-state index contributed by atoms with van der Waals surface area (Å²) in [7, 11) is 0. The molecule has 132 valence electrons. The lowest BCUT2D eigenvalue weighted by Crippen LogP contribution is -1.96. The molecule has 0 bridgehead atoms. The summed E-state index contributed by atoms with van der Waals surface area (Å²) in [5, 5.41) is 11.4. The quantitative estimate of drug-likeness (QED) is 0.407. The van der Waals surface area contributed by atoms with Crippen molar-refractivity contribution in [1.29, 1.82) is 0 Å². The summed E-state index contributed by atoms with van der Waals surface area (Å²) in [6.07, 6.45) is 3.40. The summed E-state index contributed by atoms with van der Waals surface area (Å²) in [5.41, 5.74) is 1.56. The van der Waals surface area contributed by atoms with Crippen LogP contribution in [0.4, 0.5) is 0 Å². The molecule has 1 N–H and O–H groups in total. The van der Waals surface area contributed by atoms with Gasteiger partial charge in [0.25, 0.3) is 0 Å². The van der Waals surface area contributed by atoms with Crippen molar-refractivity contribution in [2.45, 2.75) is 0 Å². The van der Waals surface area contributed by atoms with Gasteiger partial charge in [0.1, 0.15) is 17.2 Å². The molecule has 0 spiro atoms. The Morgan fingerprint density at radius 1 is 0.963 bits per heavy atom. The second-order valence-corrected chi connectivity index (χ2v) is 6.00. The Kier molecular flexibility index (Phi) is 4.84. The first-order chi connectivity index (χ1) is 13.3. The number of hydrogen-bond donors (Lipinski definition) is 1. The van der Waals surface area contributed by atoms with Crippen LogP contribution in [-0.2, 0) is 0 Å². The number of aromatic amines is 1. The lowest BCUT2D eigenvalue weighted by molar-refractivity contribution is 0.482. The van der Waals surface area contributed by atoms with Gasteiger partial charge in [-0.15, -0.1) is 0 Å². The van der Waals surface area contributed by atoms with Crippen molar-refractivity contribution >= 4 is 18.4 Å². The zero-order valence-corrected chi connectivity index (χ0v) is 15.0. The first-order valence-electron chi connectivity index (χ1n) is 8.26. The third-order valence-corrected chi connectivity index (χ3v) is 3.97. The molecule has 2 heterocycles. The zero-order valence-electron chi connectivity index (χ0n) is 14.2. The van der Waals surface area contributed by atoms with Crippen molar-refractivity contribution in [3.05, 3.63) is 89.3 Å². The van der Waals surface area contributed by atoms with E-state index in [1.165, 1.54) is 0 Å². The Hall–Kier alpha value is -3.58. The molecule has 4 rings (SSSR count). The predicted octanol–water partition coefficient (Wildman–Crippen LogP) is 4.68. The molecule has 27 heavy (non-hydrogen) atoms. The number of hydrogen-bond acceptors (Lipinski definition) is 5. The maximum absolute atomic E-state index is 5.86. The van der Waals surface area contributed by atoms with Crippen LogP contribution in [0.25, 0.3) is 11.5 Å². The van der Waals surface area contributed by atoms with Crippen LogP contribution < -0.4 is 4.74 Å². The number of nitrogens with one attached hydrogen (secondary N) is 1. The Labute approximate surface area is 160 Å². The van der Waals surface area contributed by atoms with E-state index in [2.05, 4.69) is 20.3 Å². The fourth-order valence-electron chi connectivity index (χ4n) is 2.47. The minimum Gasteiger partial charge on any atom is -0.457 e. The summed E-state index contributed by atoms with van der Waals surface area (Å²) in [6.45, 7) is 0. The van der Waals surface area contributed by atoms with E-state index in [4.69, 9.17) is 17.0 Å². The number of ether oxygens (including phenoxy) is 1. The van der Waals surface area contributed by atoms with Crippen LogP contribution in [0.2, 0.25) is 0 Å². The number of rotatable bonds is 5. The molecule has 0 amide bonds. The van der Waals surface area contributed by atoms with Gasteiger partial charge in [0.05, 0.1) is 6.21 Å². The molecule has 0 saturated heterocycles. The van der Waals surface area contributed by atoms with Gasteiger partial charge in [-0.25, -0.2) is 5.10 Å². The molecule has 0 radical (unpaired) electrons. The third kappa shape index (κ3) is 3.99. The summed E-state index contributed by atoms with van der Waals surface area (Å²) >= 11 is 5.28. The smallest absolute Gasteiger partial charge is 0.216 e. The Bertz CT molecular complexity index is 1120. The normalized spacial score (nSPS) is 11.0. The molecule has 7 heteroatoms. The van der Waals surface area contributed by atoms with Crippen LogP contribution in [0.3, 0.4) is 0 Å². The summed E-state index contributed by atoms with van der Waals surface area (Å²) in [6, 6.07) is 22.9. The van der Waals surface area contributed by atoms with Gasteiger partial charge >= 0.3 is 0 Å². The number of pyridine rings is 1. The highest BCUT2D eigenvalue weighted by Crippen LogP contribution is 2.21. The van der Waals surface area contributed by atoms with E-state index in [1.54, 1.807) is 17.1 Å². The SMILES string of the molecule is S=c1[nH]nc(-c2ccccn2)n1/N=C/c1cccc(Oc2ccccc2)c1. The summed E-state index contributed by atoms with van der Waals surface area (Å²) in [4.78, 5) is 4.30. The number of aromatic nitrogens is 4. The van der Waals surface area contributed by atoms with Crippen molar-refractivity contribution in [3.8, 4) is 23.0 Å². The highest BCUT2D eigenvalue weighted by molar-refractivity contribution is 7.71. The van der Waals surface area contributed by atoms with E-state index in [0.717, 1.165) is 17.1 Å². The fourth-order valence-corrected chi connectivity index (χ4v) is 2.65. The second-order valence-electron chi connectivity index (χ2n) is 5.61. The molecule has 0 fully saturated rings. The molecule has 4 aromatic rings. The van der Waals surface area contributed by atoms with Crippen LogP contribution in [0, 0.1) is 4.77 Å². The maximum Gasteiger partial charge on any atom is 0.216 e. The molecule has 2 aromatic carbocycles. The summed E-state index contributed by atoms with van der Waals surface area (Å²) < 4.78 is 7.79. The monoisotopic (exact) mass is 373 g/mol. The molecule has 0 aliphatic carbocycles. The first-order valence-corrected chi connectivity index (χ1v) is 8.66. The molecule has 0 aliphatic rings. The third-order valence-electron chi connectivity index (χ3n) is 3.70. The van der Waals surface area contributed by atoms with Crippen LogP contribution in [0.5, 0.6) is 11.5 Å². The van der Waals surface area contributed by atoms with Crippen molar-refractivity contribution in [3.63, 3.8) is 0 Å². The lowest BCUT2D eigenvalue weighted by atomic mass is 10.2. The fraction of sp³-hybridized carbons (Fsp3) is 0. The first kappa shape index (κ1) is 16.9. The zero-order chi connectivity index (χ0) is 18.5. The molecule has 0 unspecified atom stereocenters. The van der Waals surface area contributed by atoms with Crippen LogP contribution in [-0.4, -0.2) is 26.1 Å². The van der Waals surface area contributed by atoms with Gasteiger partial charge in [0.2, 0.25) is 10.6 Å². The summed E-state index contributed by atoms with van der Waals surface area (Å²) in [5.74, 6) is 2.06. The molecule has 2 aromatic heterocycles. The Balaban J connectivity index is 1.60. The largest absolute Gasteiger partial charge is 0.457 e. The van der Waals surface area contributed by atoms with E-state index >= 15 is 0 Å². The molecule has 0 atom stereocenters. The number of para-hydroxylation sites is 1. The molecular weight excluding hydrogens is 358 g/mol. The van der Waals surface area contributed by atoms with Gasteiger partial charge in [-0.3, -0.25) is 4.98 Å². The van der Waals surface area contributed by atoms with Gasteiger partial charge in [0.15, 0.2) is 0 Å². The van der Waals surface area contributed by atoms with Crippen molar-refractivity contribution in [2.75, 3.05) is 0 Å². The van der Waals surface area contributed by atoms with Crippen molar-refractivity contribution in [1.82, 2.24) is 19.9 Å². The van der Waals surface area contributed by atoms with Crippen molar-refractivity contribution < 1.29 is 4.74 Å². The molecule has 6 nitrogen and oxygen atoms in total. The van der Waals surface area contributed by atoms with Gasteiger partial charge in [-0.05, 0) is 54.2 Å². The number of nitrogens with zero attached hydrogens (tertiary/aromatic N) is 4. The van der Waals surface area contributed by atoms with Crippen molar-refractivity contribution in [2.24, 2.45) is 5.10 Å². The predicted molar refractivity (Wildman–Crippen MR) is 107 cm³/mol. The minimum absolute atomic E-state index is 0.392. The van der Waals surface area contributed by atoms with Gasteiger partial charge in [-0.1, -0.05) is 36.4 Å².